The molecular formula is C45H47ClN4O7. The van der Waals surface area contributed by atoms with Crippen molar-refractivity contribution in [3.8, 4) is 45.6 Å². The molecule has 57 heavy (non-hydrogen) atoms. The van der Waals surface area contributed by atoms with Gasteiger partial charge in [0, 0.05) is 62.3 Å². The van der Waals surface area contributed by atoms with Crippen LogP contribution in [0.2, 0.25) is 5.02 Å². The highest BCUT2D eigenvalue weighted by Crippen LogP contribution is 2.37. The minimum absolute atomic E-state index is 0.186. The Hall–Kier alpha value is -5.48. The Kier molecular flexibility index (Phi) is 14.1. The number of aliphatic hydroxyl groups is 2. The first-order chi connectivity index (χ1) is 27.6. The summed E-state index contributed by atoms with van der Waals surface area (Å²) in [5.41, 5.74) is 9.71. The molecule has 1 aliphatic heterocycles. The molecule has 0 unspecified atom stereocenters. The van der Waals surface area contributed by atoms with Crippen molar-refractivity contribution in [3.05, 3.63) is 130 Å². The van der Waals surface area contributed by atoms with E-state index in [-0.39, 0.29) is 32.3 Å². The van der Waals surface area contributed by atoms with Crippen molar-refractivity contribution in [2.75, 3.05) is 32.8 Å². The van der Waals surface area contributed by atoms with E-state index in [9.17, 15) is 20.3 Å². The van der Waals surface area contributed by atoms with Crippen LogP contribution in [-0.4, -0.2) is 76.2 Å². The highest BCUT2D eigenvalue weighted by atomic mass is 35.5. The van der Waals surface area contributed by atoms with E-state index in [2.05, 4.69) is 65.4 Å². The van der Waals surface area contributed by atoms with Crippen LogP contribution in [-0.2, 0) is 24.6 Å². The van der Waals surface area contributed by atoms with Gasteiger partial charge in [0.05, 0.1) is 29.2 Å². The van der Waals surface area contributed by atoms with Gasteiger partial charge in [-0.2, -0.15) is 5.26 Å². The van der Waals surface area contributed by atoms with Gasteiger partial charge in [-0.15, -0.1) is 0 Å². The van der Waals surface area contributed by atoms with Gasteiger partial charge in [-0.05, 0) is 83.5 Å². The number of carboxylic acid groups (broad SMARTS) is 1. The summed E-state index contributed by atoms with van der Waals surface area (Å²) in [7, 11) is 0. The van der Waals surface area contributed by atoms with Gasteiger partial charge in [0.2, 0.25) is 0 Å². The number of pyridine rings is 1. The summed E-state index contributed by atoms with van der Waals surface area (Å²) in [6.45, 7) is 7.66. The SMILES string of the molecule is Cc1c(COc2cc(OCc3cncc(C#N)c3)c(CN3CC[C@@H](O)C3)cc2Cl)cccc1-c1cccc(-c2ccc(OCCNC[C@@H](O)CC(=O)O)cc2)c1C. The van der Waals surface area contributed by atoms with E-state index in [1.165, 1.54) is 6.20 Å². The zero-order valence-corrected chi connectivity index (χ0v) is 32.8. The molecule has 1 aliphatic rings. The van der Waals surface area contributed by atoms with Crippen molar-refractivity contribution >= 4 is 17.6 Å². The third-order valence-electron chi connectivity index (χ3n) is 10.0. The number of aliphatic hydroxyl groups excluding tert-OH is 2. The fraction of sp³-hybridized carbons (Fsp3) is 0.311. The number of ether oxygens (including phenoxy) is 3. The quantitative estimate of drug-likeness (QED) is 0.0673. The number of hydrogen-bond acceptors (Lipinski definition) is 10. The Morgan fingerprint density at radius 1 is 0.947 bits per heavy atom. The molecule has 4 N–H and O–H groups in total. The van der Waals surface area contributed by atoms with Crippen LogP contribution >= 0.6 is 11.6 Å². The number of halogens is 1. The second kappa shape index (κ2) is 19.6. The molecule has 2 heterocycles. The number of carbonyl (C=O) groups is 1. The lowest BCUT2D eigenvalue weighted by Gasteiger charge is -2.20. The minimum Gasteiger partial charge on any atom is -0.492 e. The molecule has 5 aromatic rings. The maximum absolute atomic E-state index is 10.7. The summed E-state index contributed by atoms with van der Waals surface area (Å²) in [6, 6.07) is 28.0. The number of hydrogen-bond donors (Lipinski definition) is 4. The molecule has 0 amide bonds. The lowest BCUT2D eigenvalue weighted by molar-refractivity contribution is -0.139. The van der Waals surface area contributed by atoms with Gasteiger partial charge < -0.3 is 34.8 Å². The summed E-state index contributed by atoms with van der Waals surface area (Å²) in [6.07, 6.45) is 2.32. The van der Waals surface area contributed by atoms with Gasteiger partial charge in [0.15, 0.2) is 0 Å². The number of nitrogens with one attached hydrogen (secondary N) is 1. The van der Waals surface area contributed by atoms with E-state index in [1.54, 1.807) is 12.3 Å². The molecule has 1 saturated heterocycles. The summed E-state index contributed by atoms with van der Waals surface area (Å²) >= 11 is 6.84. The fourth-order valence-electron chi connectivity index (χ4n) is 6.97. The van der Waals surface area contributed by atoms with E-state index in [0.29, 0.717) is 54.1 Å². The zero-order chi connectivity index (χ0) is 40.3. The predicted molar refractivity (Wildman–Crippen MR) is 218 cm³/mol. The van der Waals surface area contributed by atoms with Crippen LogP contribution in [0.25, 0.3) is 22.3 Å². The average Bonchev–Trinajstić information content (AvgIpc) is 3.61. The van der Waals surface area contributed by atoms with Crippen molar-refractivity contribution in [2.45, 2.75) is 58.7 Å². The molecule has 0 bridgehead atoms. The van der Waals surface area contributed by atoms with Crippen molar-refractivity contribution in [1.82, 2.24) is 15.2 Å². The number of aliphatic carboxylic acids is 1. The topological polar surface area (TPSA) is 157 Å². The van der Waals surface area contributed by atoms with E-state index < -0.39 is 12.1 Å². The molecule has 0 radical (unpaired) electrons. The monoisotopic (exact) mass is 790 g/mol. The van der Waals surface area contributed by atoms with Crippen LogP contribution in [0.4, 0.5) is 0 Å². The number of nitriles is 1. The van der Waals surface area contributed by atoms with Crippen LogP contribution in [0.5, 0.6) is 17.2 Å². The molecule has 1 aromatic heterocycles. The van der Waals surface area contributed by atoms with E-state index >= 15 is 0 Å². The summed E-state index contributed by atoms with van der Waals surface area (Å²) < 4.78 is 18.6. The molecule has 1 fully saturated rings. The minimum atomic E-state index is -1.03. The first-order valence-corrected chi connectivity index (χ1v) is 19.3. The third-order valence-corrected chi connectivity index (χ3v) is 10.3. The number of likely N-dealkylation sites (tertiary alicyclic amines) is 1. The van der Waals surface area contributed by atoms with Crippen LogP contribution < -0.4 is 19.5 Å². The van der Waals surface area contributed by atoms with Crippen molar-refractivity contribution < 1.29 is 34.3 Å². The molecule has 6 rings (SSSR count). The fourth-order valence-corrected chi connectivity index (χ4v) is 7.21. The first-order valence-electron chi connectivity index (χ1n) is 18.9. The van der Waals surface area contributed by atoms with Crippen molar-refractivity contribution in [3.63, 3.8) is 0 Å². The van der Waals surface area contributed by atoms with Gasteiger partial charge in [0.1, 0.15) is 43.1 Å². The standard InChI is InChI=1S/C45H47ClN4O7/c1-29-34(28-57-44-20-43(56-27-32-17-31(21-47)22-49-23-32)35(18-42(44)46)25-50-15-13-36(51)26-50)5-3-7-40(29)41-8-4-6-39(30(41)2)33-9-11-38(12-10-33)55-16-14-48-24-37(52)19-45(53)54/h3-12,17-18,20,22-23,36-37,48,51-52H,13-16,19,24-28H2,1-2H3,(H,53,54)/t36-,37+/m1/s1. The zero-order valence-electron chi connectivity index (χ0n) is 32.1. The second-order valence-electron chi connectivity index (χ2n) is 14.2. The molecule has 296 valence electrons. The van der Waals surface area contributed by atoms with Crippen LogP contribution in [0, 0.1) is 25.2 Å². The van der Waals surface area contributed by atoms with E-state index in [1.807, 2.05) is 42.5 Å². The van der Waals surface area contributed by atoms with Gasteiger partial charge in [-0.25, -0.2) is 0 Å². The Morgan fingerprint density at radius 2 is 1.68 bits per heavy atom. The van der Waals surface area contributed by atoms with Gasteiger partial charge in [-0.3, -0.25) is 14.7 Å². The highest BCUT2D eigenvalue weighted by molar-refractivity contribution is 6.32. The number of rotatable bonds is 18. The van der Waals surface area contributed by atoms with Crippen molar-refractivity contribution in [2.24, 2.45) is 0 Å². The molecule has 2 atom stereocenters. The van der Waals surface area contributed by atoms with Crippen LogP contribution in [0.1, 0.15) is 46.2 Å². The lowest BCUT2D eigenvalue weighted by Crippen LogP contribution is -2.31. The third kappa shape index (κ3) is 11.1. The first kappa shape index (κ1) is 41.2. The summed E-state index contributed by atoms with van der Waals surface area (Å²) in [4.78, 5) is 17.0. The van der Waals surface area contributed by atoms with Crippen LogP contribution in [0.3, 0.4) is 0 Å². The summed E-state index contributed by atoms with van der Waals surface area (Å²) in [5, 5.41) is 41.4. The molecule has 0 aliphatic carbocycles. The Labute approximate surface area is 338 Å². The highest BCUT2D eigenvalue weighted by Gasteiger charge is 2.23. The Balaban J connectivity index is 1.14. The largest absolute Gasteiger partial charge is 0.492 e. The maximum Gasteiger partial charge on any atom is 0.306 e. The number of benzene rings is 4. The molecule has 0 spiro atoms. The number of nitrogens with zero attached hydrogens (tertiary/aromatic N) is 3. The lowest BCUT2D eigenvalue weighted by atomic mass is 9.89. The number of aromatic nitrogens is 1. The molecule has 4 aromatic carbocycles. The molecule has 11 nitrogen and oxygen atoms in total. The maximum atomic E-state index is 10.7. The molecule has 12 heteroatoms. The van der Waals surface area contributed by atoms with Gasteiger partial charge in [0.25, 0.3) is 0 Å². The molecular weight excluding hydrogens is 744 g/mol. The normalized spacial score (nSPS) is 14.6. The van der Waals surface area contributed by atoms with E-state index in [4.69, 9.17) is 30.9 Å². The van der Waals surface area contributed by atoms with Gasteiger partial charge >= 0.3 is 5.97 Å². The van der Waals surface area contributed by atoms with E-state index in [0.717, 1.165) is 63.0 Å². The van der Waals surface area contributed by atoms with Crippen molar-refractivity contribution in [1.29, 1.82) is 5.26 Å². The molecule has 0 saturated carbocycles. The Bertz CT molecular complexity index is 2210. The van der Waals surface area contributed by atoms with Gasteiger partial charge in [-0.1, -0.05) is 60.1 Å². The second-order valence-corrected chi connectivity index (χ2v) is 14.6. The summed E-state index contributed by atoms with van der Waals surface area (Å²) in [5.74, 6) is 0.778. The van der Waals surface area contributed by atoms with Crippen LogP contribution in [0.15, 0.2) is 91.3 Å². The Morgan fingerprint density at radius 3 is 2.42 bits per heavy atom. The number of carboxylic acids is 1. The predicted octanol–water partition coefficient (Wildman–Crippen LogP) is 7.09. The average molecular weight is 791 g/mol. The smallest absolute Gasteiger partial charge is 0.306 e. The number of β-amino-alcohol motifs (C(OH)–C–C–N with tert-alkyl or cyclic N) is 1.